The van der Waals surface area contributed by atoms with E-state index in [4.69, 9.17) is 0 Å². The number of piperidine rings is 1. The number of carbonyl (C=O) groups is 1. The number of aromatic amines is 1. The molecule has 3 rings (SSSR count). The molecule has 0 aliphatic carbocycles. The minimum Gasteiger partial charge on any atom is -0.360 e. The van der Waals surface area contributed by atoms with Crippen molar-refractivity contribution in [2.24, 2.45) is 5.92 Å². The monoisotopic (exact) mass is 300 g/mol. The molecule has 0 saturated carbocycles. The summed E-state index contributed by atoms with van der Waals surface area (Å²) in [5, 5.41) is 2.89. The third-order valence-corrected chi connectivity index (χ3v) is 4.49. The van der Waals surface area contributed by atoms with Crippen LogP contribution in [0.1, 0.15) is 38.2 Å². The van der Waals surface area contributed by atoms with Crippen LogP contribution in [-0.4, -0.2) is 40.9 Å². The van der Waals surface area contributed by atoms with Gasteiger partial charge in [0.15, 0.2) is 0 Å². The van der Waals surface area contributed by atoms with Gasteiger partial charge in [-0.25, -0.2) is 4.98 Å². The zero-order chi connectivity index (χ0) is 15.7. The Morgan fingerprint density at radius 1 is 1.36 bits per heavy atom. The molecule has 0 spiro atoms. The van der Waals surface area contributed by atoms with Gasteiger partial charge in [-0.05, 0) is 56.6 Å². The van der Waals surface area contributed by atoms with E-state index in [9.17, 15) is 4.79 Å². The van der Waals surface area contributed by atoms with Crippen LogP contribution in [-0.2, 0) is 4.79 Å². The van der Waals surface area contributed by atoms with E-state index in [0.717, 1.165) is 37.0 Å². The molecule has 5 nitrogen and oxygen atoms in total. The zero-order valence-corrected chi connectivity index (χ0v) is 13.5. The molecule has 0 bridgehead atoms. The lowest BCUT2D eigenvalue weighted by Crippen LogP contribution is -2.29. The zero-order valence-electron chi connectivity index (χ0n) is 13.5. The van der Waals surface area contributed by atoms with Gasteiger partial charge in [0.1, 0.15) is 5.82 Å². The van der Waals surface area contributed by atoms with Gasteiger partial charge in [0.2, 0.25) is 5.91 Å². The topological polar surface area (TPSA) is 61.0 Å². The van der Waals surface area contributed by atoms with Crippen molar-refractivity contribution < 1.29 is 4.79 Å². The number of hydrogen-bond acceptors (Lipinski definition) is 3. The first kappa shape index (κ1) is 15.0. The van der Waals surface area contributed by atoms with Crippen LogP contribution < -0.4 is 5.32 Å². The summed E-state index contributed by atoms with van der Waals surface area (Å²) in [6, 6.07) is 3.86. The fourth-order valence-corrected chi connectivity index (χ4v) is 2.99. The van der Waals surface area contributed by atoms with E-state index in [-0.39, 0.29) is 11.8 Å². The first-order valence-corrected chi connectivity index (χ1v) is 8.02. The van der Waals surface area contributed by atoms with E-state index in [1.807, 2.05) is 26.0 Å². The molecule has 1 aliphatic rings. The lowest BCUT2D eigenvalue weighted by molar-refractivity contribution is -0.118. The molecular formula is C17H24N4O. The first-order chi connectivity index (χ1) is 10.5. The molecular weight excluding hydrogens is 276 g/mol. The summed E-state index contributed by atoms with van der Waals surface area (Å²) in [6.45, 7) is 6.02. The molecule has 3 heterocycles. The second kappa shape index (κ2) is 6.08. The van der Waals surface area contributed by atoms with Crippen molar-refractivity contribution in [2.75, 3.05) is 25.5 Å². The SMILES string of the molecule is CC(C)C(=O)Nc1ccc2[nH]cc(C3CCN(C)CC3)c2n1. The van der Waals surface area contributed by atoms with Crippen molar-refractivity contribution in [1.82, 2.24) is 14.9 Å². The predicted molar refractivity (Wildman–Crippen MR) is 89.0 cm³/mol. The predicted octanol–water partition coefficient (Wildman–Crippen LogP) is 2.97. The molecule has 22 heavy (non-hydrogen) atoms. The Hall–Kier alpha value is -1.88. The lowest BCUT2D eigenvalue weighted by atomic mass is 9.91. The van der Waals surface area contributed by atoms with E-state index < -0.39 is 0 Å². The smallest absolute Gasteiger partial charge is 0.228 e. The average Bonchev–Trinajstić information content (AvgIpc) is 2.91. The first-order valence-electron chi connectivity index (χ1n) is 8.02. The molecule has 0 radical (unpaired) electrons. The summed E-state index contributed by atoms with van der Waals surface area (Å²) in [4.78, 5) is 22.2. The normalized spacial score (nSPS) is 17.3. The number of carbonyl (C=O) groups excluding carboxylic acids is 1. The molecule has 2 N–H and O–H groups in total. The second-order valence-electron chi connectivity index (χ2n) is 6.56. The number of nitrogens with one attached hydrogen (secondary N) is 2. The largest absolute Gasteiger partial charge is 0.360 e. The van der Waals surface area contributed by atoms with Crippen LogP contribution in [0.2, 0.25) is 0 Å². The number of fused-ring (bicyclic) bond motifs is 1. The van der Waals surface area contributed by atoms with Gasteiger partial charge < -0.3 is 15.2 Å². The van der Waals surface area contributed by atoms with Gasteiger partial charge in [0.05, 0.1) is 11.0 Å². The van der Waals surface area contributed by atoms with Crippen LogP contribution in [0.25, 0.3) is 11.0 Å². The molecule has 5 heteroatoms. The van der Waals surface area contributed by atoms with Crippen LogP contribution in [0.15, 0.2) is 18.3 Å². The molecule has 2 aromatic heterocycles. The van der Waals surface area contributed by atoms with E-state index in [1.165, 1.54) is 5.56 Å². The van der Waals surface area contributed by atoms with Gasteiger partial charge >= 0.3 is 0 Å². The molecule has 2 aromatic rings. The third kappa shape index (κ3) is 2.99. The Morgan fingerprint density at radius 2 is 2.09 bits per heavy atom. The highest BCUT2D eigenvalue weighted by Gasteiger charge is 2.22. The molecule has 1 aliphatic heterocycles. The van der Waals surface area contributed by atoms with Crippen molar-refractivity contribution in [3.05, 3.63) is 23.9 Å². The summed E-state index contributed by atoms with van der Waals surface area (Å²) in [6.07, 6.45) is 4.41. The van der Waals surface area contributed by atoms with Crippen molar-refractivity contribution in [3.8, 4) is 0 Å². The second-order valence-corrected chi connectivity index (χ2v) is 6.56. The summed E-state index contributed by atoms with van der Waals surface area (Å²) in [5.41, 5.74) is 3.32. The fourth-order valence-electron chi connectivity index (χ4n) is 2.99. The highest BCUT2D eigenvalue weighted by atomic mass is 16.1. The Morgan fingerprint density at radius 3 is 2.77 bits per heavy atom. The van der Waals surface area contributed by atoms with Crippen LogP contribution in [0.4, 0.5) is 5.82 Å². The minimum atomic E-state index is -0.0444. The van der Waals surface area contributed by atoms with E-state index >= 15 is 0 Å². The van der Waals surface area contributed by atoms with E-state index in [0.29, 0.717) is 11.7 Å². The summed E-state index contributed by atoms with van der Waals surface area (Å²) < 4.78 is 0. The van der Waals surface area contributed by atoms with Crippen LogP contribution in [0.3, 0.4) is 0 Å². The molecule has 118 valence electrons. The quantitative estimate of drug-likeness (QED) is 0.916. The third-order valence-electron chi connectivity index (χ3n) is 4.49. The molecule has 0 atom stereocenters. The number of anilines is 1. The van der Waals surface area contributed by atoms with Crippen molar-refractivity contribution in [2.45, 2.75) is 32.6 Å². The maximum Gasteiger partial charge on any atom is 0.228 e. The van der Waals surface area contributed by atoms with E-state index in [2.05, 4.69) is 33.4 Å². The Kier molecular flexibility index (Phi) is 4.16. The Labute approximate surface area is 131 Å². The summed E-state index contributed by atoms with van der Waals surface area (Å²) in [5.74, 6) is 1.15. The number of likely N-dealkylation sites (tertiary alicyclic amines) is 1. The van der Waals surface area contributed by atoms with E-state index in [1.54, 1.807) is 0 Å². The fraction of sp³-hybridized carbons (Fsp3) is 0.529. The van der Waals surface area contributed by atoms with Crippen LogP contribution >= 0.6 is 0 Å². The average molecular weight is 300 g/mol. The Balaban J connectivity index is 1.87. The minimum absolute atomic E-state index is 0.00299. The van der Waals surface area contributed by atoms with Gasteiger partial charge in [-0.15, -0.1) is 0 Å². The van der Waals surface area contributed by atoms with Crippen LogP contribution in [0, 0.1) is 5.92 Å². The molecule has 1 fully saturated rings. The van der Waals surface area contributed by atoms with Gasteiger partial charge in [-0.1, -0.05) is 13.8 Å². The maximum atomic E-state index is 11.8. The van der Waals surface area contributed by atoms with Crippen LogP contribution in [0.5, 0.6) is 0 Å². The number of nitrogens with zero attached hydrogens (tertiary/aromatic N) is 2. The standard InChI is InChI=1S/C17H24N4O/c1-11(2)17(22)20-15-5-4-14-16(19-15)13(10-18-14)12-6-8-21(3)9-7-12/h4-5,10-12,18H,6-9H2,1-3H3,(H,19,20,22). The van der Waals surface area contributed by atoms with Crippen molar-refractivity contribution in [3.63, 3.8) is 0 Å². The van der Waals surface area contributed by atoms with Crippen molar-refractivity contribution in [1.29, 1.82) is 0 Å². The highest BCUT2D eigenvalue weighted by molar-refractivity contribution is 5.92. The van der Waals surface area contributed by atoms with Gasteiger partial charge in [-0.3, -0.25) is 4.79 Å². The lowest BCUT2D eigenvalue weighted by Gasteiger charge is -2.28. The Bertz CT molecular complexity index is 668. The summed E-state index contributed by atoms with van der Waals surface area (Å²) in [7, 11) is 2.17. The number of amides is 1. The van der Waals surface area contributed by atoms with Gasteiger partial charge in [-0.2, -0.15) is 0 Å². The molecule has 0 aromatic carbocycles. The van der Waals surface area contributed by atoms with Gasteiger partial charge in [0, 0.05) is 12.1 Å². The number of aromatic nitrogens is 2. The number of H-pyrrole nitrogens is 1. The molecule has 1 saturated heterocycles. The van der Waals surface area contributed by atoms with Crippen molar-refractivity contribution >= 4 is 22.8 Å². The molecule has 0 unspecified atom stereocenters. The number of rotatable bonds is 3. The highest BCUT2D eigenvalue weighted by Crippen LogP contribution is 2.32. The maximum absolute atomic E-state index is 11.8. The van der Waals surface area contributed by atoms with Gasteiger partial charge in [0.25, 0.3) is 0 Å². The summed E-state index contributed by atoms with van der Waals surface area (Å²) >= 11 is 0. The molecule has 1 amide bonds. The number of pyridine rings is 1. The number of hydrogen-bond donors (Lipinski definition) is 2.